The summed E-state index contributed by atoms with van der Waals surface area (Å²) in [5.74, 6) is 2.20. The van der Waals surface area contributed by atoms with Crippen LogP contribution in [0.4, 0.5) is 0 Å². The quantitative estimate of drug-likeness (QED) is 0.668. The molecule has 3 N–H and O–H groups in total. The number of aliphatic imine (C=N–C) groups is 1. The molecule has 0 unspecified atom stereocenters. The van der Waals surface area contributed by atoms with Crippen LogP contribution in [0.15, 0.2) is 51.9 Å². The van der Waals surface area contributed by atoms with Gasteiger partial charge in [0, 0.05) is 11.6 Å². The fourth-order valence-electron chi connectivity index (χ4n) is 2.71. The van der Waals surface area contributed by atoms with Crippen molar-refractivity contribution in [3.05, 3.63) is 48.2 Å². The van der Waals surface area contributed by atoms with Gasteiger partial charge in [0.1, 0.15) is 18.1 Å². The molecule has 4 nitrogen and oxygen atoms in total. The van der Waals surface area contributed by atoms with E-state index in [2.05, 4.69) is 10.3 Å². The van der Waals surface area contributed by atoms with Crippen molar-refractivity contribution in [2.75, 3.05) is 0 Å². The summed E-state index contributed by atoms with van der Waals surface area (Å²) in [6.45, 7) is 0.471. The number of hydrogen-bond acceptors (Lipinski definition) is 2. The van der Waals surface area contributed by atoms with Gasteiger partial charge in [0.2, 0.25) is 0 Å². The van der Waals surface area contributed by atoms with Gasteiger partial charge < -0.3 is 15.5 Å². The van der Waals surface area contributed by atoms with E-state index in [-0.39, 0.29) is 0 Å². The molecule has 0 aliphatic heterocycles. The molecule has 0 bridgehead atoms. The zero-order chi connectivity index (χ0) is 14.5. The minimum atomic E-state index is 0.471. The Bertz CT molecular complexity index is 598. The van der Waals surface area contributed by atoms with E-state index in [4.69, 9.17) is 10.2 Å². The normalized spacial score (nSPS) is 16.3. The molecule has 0 radical (unpaired) electrons. The van der Waals surface area contributed by atoms with Gasteiger partial charge in [0.05, 0.1) is 0 Å². The maximum Gasteiger partial charge on any atom is 0.189 e. The molecule has 110 valence electrons. The Morgan fingerprint density at radius 2 is 1.90 bits per heavy atom. The molecule has 3 rings (SSSR count). The first-order valence-electron chi connectivity index (χ1n) is 7.52. The molecule has 21 heavy (non-hydrogen) atoms. The van der Waals surface area contributed by atoms with Gasteiger partial charge >= 0.3 is 0 Å². The number of nitrogens with zero attached hydrogens (tertiary/aromatic N) is 1. The first kappa shape index (κ1) is 13.7. The highest BCUT2D eigenvalue weighted by molar-refractivity contribution is 5.78. The van der Waals surface area contributed by atoms with Crippen LogP contribution in [0.1, 0.15) is 31.4 Å². The second kappa shape index (κ2) is 6.48. The molecule has 1 aromatic heterocycles. The highest BCUT2D eigenvalue weighted by atomic mass is 16.3. The Hall–Kier alpha value is -2.23. The average molecular weight is 283 g/mol. The topological polar surface area (TPSA) is 63.5 Å². The van der Waals surface area contributed by atoms with Gasteiger partial charge in [-0.3, -0.25) is 0 Å². The van der Waals surface area contributed by atoms with Crippen LogP contribution in [0.25, 0.3) is 11.3 Å². The second-order valence-corrected chi connectivity index (χ2v) is 5.46. The smallest absolute Gasteiger partial charge is 0.189 e. The van der Waals surface area contributed by atoms with E-state index in [9.17, 15) is 0 Å². The van der Waals surface area contributed by atoms with E-state index in [1.807, 2.05) is 42.5 Å². The Balaban J connectivity index is 1.59. The number of hydrogen-bond donors (Lipinski definition) is 2. The van der Waals surface area contributed by atoms with E-state index < -0.39 is 0 Å². The molecule has 1 saturated carbocycles. The van der Waals surface area contributed by atoms with Crippen molar-refractivity contribution in [1.29, 1.82) is 0 Å². The Kier molecular flexibility index (Phi) is 4.24. The lowest BCUT2D eigenvalue weighted by Gasteiger charge is -2.11. The van der Waals surface area contributed by atoms with Crippen molar-refractivity contribution in [2.45, 2.75) is 38.3 Å². The number of benzene rings is 1. The van der Waals surface area contributed by atoms with Crippen molar-refractivity contribution in [3.63, 3.8) is 0 Å². The molecule has 0 atom stereocenters. The zero-order valence-electron chi connectivity index (χ0n) is 12.1. The van der Waals surface area contributed by atoms with Crippen molar-refractivity contribution >= 4 is 5.96 Å². The third-order valence-corrected chi connectivity index (χ3v) is 3.83. The molecule has 1 aliphatic carbocycles. The molecule has 1 fully saturated rings. The van der Waals surface area contributed by atoms with Crippen molar-refractivity contribution in [3.8, 4) is 11.3 Å². The van der Waals surface area contributed by atoms with Gasteiger partial charge in [-0.25, -0.2) is 4.99 Å². The highest BCUT2D eigenvalue weighted by Crippen LogP contribution is 2.22. The van der Waals surface area contributed by atoms with Gasteiger partial charge in [-0.05, 0) is 25.0 Å². The molecule has 1 aliphatic rings. The predicted molar refractivity (Wildman–Crippen MR) is 84.9 cm³/mol. The number of rotatable bonds is 4. The fraction of sp³-hybridized carbons (Fsp3) is 0.353. The zero-order valence-corrected chi connectivity index (χ0v) is 12.1. The summed E-state index contributed by atoms with van der Waals surface area (Å²) in [7, 11) is 0. The molecule has 0 saturated heterocycles. The lowest BCUT2D eigenvalue weighted by Crippen LogP contribution is -2.38. The van der Waals surface area contributed by atoms with Crippen LogP contribution in [-0.4, -0.2) is 12.0 Å². The Morgan fingerprint density at radius 1 is 1.14 bits per heavy atom. The van der Waals surface area contributed by atoms with Crippen molar-refractivity contribution < 1.29 is 4.42 Å². The first-order valence-corrected chi connectivity index (χ1v) is 7.52. The Labute approximate surface area is 125 Å². The number of nitrogens with two attached hydrogens (primary N) is 1. The van der Waals surface area contributed by atoms with Crippen LogP contribution >= 0.6 is 0 Å². The van der Waals surface area contributed by atoms with Crippen molar-refractivity contribution in [1.82, 2.24) is 5.32 Å². The van der Waals surface area contributed by atoms with E-state index in [0.717, 1.165) is 17.1 Å². The monoisotopic (exact) mass is 283 g/mol. The lowest BCUT2D eigenvalue weighted by atomic mass is 10.2. The van der Waals surface area contributed by atoms with E-state index in [1.165, 1.54) is 25.7 Å². The molecular weight excluding hydrogens is 262 g/mol. The van der Waals surface area contributed by atoms with Crippen molar-refractivity contribution in [2.24, 2.45) is 10.7 Å². The van der Waals surface area contributed by atoms with Crippen LogP contribution in [0.2, 0.25) is 0 Å². The molecular formula is C17H21N3O. The van der Waals surface area contributed by atoms with Crippen LogP contribution in [0.5, 0.6) is 0 Å². The van der Waals surface area contributed by atoms with Crippen LogP contribution in [0, 0.1) is 0 Å². The van der Waals surface area contributed by atoms with Gasteiger partial charge in [-0.2, -0.15) is 0 Å². The van der Waals surface area contributed by atoms with Crippen LogP contribution < -0.4 is 11.1 Å². The molecule has 4 heteroatoms. The SMILES string of the molecule is NC(=NCc1ccc(-c2ccccc2)o1)NC1CCCC1. The minimum Gasteiger partial charge on any atom is -0.459 e. The van der Waals surface area contributed by atoms with E-state index in [1.54, 1.807) is 0 Å². The second-order valence-electron chi connectivity index (χ2n) is 5.46. The number of guanidine groups is 1. The first-order chi connectivity index (χ1) is 10.3. The summed E-state index contributed by atoms with van der Waals surface area (Å²) >= 11 is 0. The molecule has 1 heterocycles. The molecule has 2 aromatic rings. The number of furan rings is 1. The molecule has 1 aromatic carbocycles. The molecule has 0 spiro atoms. The summed E-state index contributed by atoms with van der Waals surface area (Å²) in [6, 6.07) is 14.5. The van der Waals surface area contributed by atoms with Gasteiger partial charge in [0.25, 0.3) is 0 Å². The van der Waals surface area contributed by atoms with E-state index in [0.29, 0.717) is 18.5 Å². The van der Waals surface area contributed by atoms with Gasteiger partial charge in [-0.15, -0.1) is 0 Å². The van der Waals surface area contributed by atoms with E-state index >= 15 is 0 Å². The Morgan fingerprint density at radius 3 is 2.67 bits per heavy atom. The summed E-state index contributed by atoms with van der Waals surface area (Å²) < 4.78 is 5.80. The number of nitrogens with one attached hydrogen (secondary N) is 1. The highest BCUT2D eigenvalue weighted by Gasteiger charge is 2.14. The fourth-order valence-corrected chi connectivity index (χ4v) is 2.71. The van der Waals surface area contributed by atoms with Gasteiger partial charge in [-0.1, -0.05) is 43.2 Å². The third-order valence-electron chi connectivity index (χ3n) is 3.83. The lowest BCUT2D eigenvalue weighted by molar-refractivity contribution is 0.524. The standard InChI is InChI=1S/C17H21N3O/c18-17(20-14-8-4-5-9-14)19-12-15-10-11-16(21-15)13-6-2-1-3-7-13/h1-3,6-7,10-11,14H,4-5,8-9,12H2,(H3,18,19,20). The summed E-state index contributed by atoms with van der Waals surface area (Å²) in [5, 5.41) is 3.27. The summed E-state index contributed by atoms with van der Waals surface area (Å²) in [4.78, 5) is 4.35. The van der Waals surface area contributed by atoms with Crippen LogP contribution in [-0.2, 0) is 6.54 Å². The molecule has 0 amide bonds. The predicted octanol–water partition coefficient (Wildman–Crippen LogP) is 3.29. The largest absolute Gasteiger partial charge is 0.459 e. The summed E-state index contributed by atoms with van der Waals surface area (Å²) in [6.07, 6.45) is 4.94. The van der Waals surface area contributed by atoms with Crippen LogP contribution in [0.3, 0.4) is 0 Å². The average Bonchev–Trinajstić information content (AvgIpc) is 3.17. The maximum absolute atomic E-state index is 5.92. The summed E-state index contributed by atoms with van der Waals surface area (Å²) in [5.41, 5.74) is 6.99. The maximum atomic E-state index is 5.92. The third kappa shape index (κ3) is 3.66. The van der Waals surface area contributed by atoms with Gasteiger partial charge in [0.15, 0.2) is 5.96 Å². The minimum absolute atomic E-state index is 0.471.